The van der Waals surface area contributed by atoms with Crippen LogP contribution in [0.25, 0.3) is 0 Å². The molecule has 8 heteroatoms. The van der Waals surface area contributed by atoms with Gasteiger partial charge in [0, 0.05) is 13.1 Å². The van der Waals surface area contributed by atoms with Gasteiger partial charge >= 0.3 is 0 Å². The van der Waals surface area contributed by atoms with Crippen LogP contribution in [0.1, 0.15) is 0 Å². The molecule has 0 amide bonds. The number of nitro benzene ring substituents is 1. The molecule has 0 heterocycles. The number of nitrogens with zero attached hydrogens (tertiary/aromatic N) is 2. The predicted molar refractivity (Wildman–Crippen MR) is 102 cm³/mol. The van der Waals surface area contributed by atoms with Gasteiger partial charge in [0.15, 0.2) is 10.6 Å². The van der Waals surface area contributed by atoms with Crippen molar-refractivity contribution < 1.29 is 18.1 Å². The first-order valence-electron chi connectivity index (χ1n) is 7.95. The smallest absolute Gasteiger partial charge is 0.289 e. The molecule has 0 radical (unpaired) electrons. The van der Waals surface area contributed by atoms with E-state index in [9.17, 15) is 18.5 Å². The molecule has 0 N–H and O–H groups in total. The molecular weight excluding hydrogens is 368 g/mol. The third-order valence-electron chi connectivity index (χ3n) is 3.88. The van der Waals surface area contributed by atoms with E-state index in [4.69, 9.17) is 4.74 Å². The number of rotatable bonds is 6. The van der Waals surface area contributed by atoms with Crippen molar-refractivity contribution >= 4 is 21.4 Å². The molecule has 3 aromatic carbocycles. The Hall–Kier alpha value is -3.39. The molecule has 0 aliphatic heterocycles. The first-order valence-corrected chi connectivity index (χ1v) is 9.39. The Morgan fingerprint density at radius 2 is 1.48 bits per heavy atom. The minimum absolute atomic E-state index is 0.263. The Balaban J connectivity index is 2.04. The molecule has 0 aliphatic carbocycles. The molecule has 138 valence electrons. The zero-order valence-electron chi connectivity index (χ0n) is 14.3. The highest BCUT2D eigenvalue weighted by molar-refractivity contribution is 7.93. The minimum Gasteiger partial charge on any atom is -0.455 e. The average Bonchev–Trinajstić information content (AvgIpc) is 2.68. The second kappa shape index (κ2) is 7.46. The molecule has 0 fully saturated rings. The number of anilines is 1. The lowest BCUT2D eigenvalue weighted by Crippen LogP contribution is -2.27. The second-order valence-corrected chi connectivity index (χ2v) is 7.52. The summed E-state index contributed by atoms with van der Waals surface area (Å²) in [5.74, 6) is 0.856. The summed E-state index contributed by atoms with van der Waals surface area (Å²) in [5, 5.41) is 11.2. The number of sulfonamides is 1. The van der Waals surface area contributed by atoms with Gasteiger partial charge in [0.2, 0.25) is 0 Å². The van der Waals surface area contributed by atoms with Crippen LogP contribution < -0.4 is 9.04 Å². The summed E-state index contributed by atoms with van der Waals surface area (Å²) in [7, 11) is -2.84. The lowest BCUT2D eigenvalue weighted by Gasteiger charge is -2.22. The van der Waals surface area contributed by atoms with Crippen molar-refractivity contribution in [3.05, 3.63) is 89.0 Å². The summed E-state index contributed by atoms with van der Waals surface area (Å²) in [5.41, 5.74) is -0.217. The van der Waals surface area contributed by atoms with Gasteiger partial charge in [-0.3, -0.25) is 14.4 Å². The normalized spacial score (nSPS) is 11.0. The van der Waals surface area contributed by atoms with Crippen LogP contribution in [0.5, 0.6) is 11.5 Å². The fraction of sp³-hybridized carbons (Fsp3) is 0.0526. The van der Waals surface area contributed by atoms with Gasteiger partial charge in [0.05, 0.1) is 10.6 Å². The van der Waals surface area contributed by atoms with E-state index in [0.29, 0.717) is 11.5 Å². The van der Waals surface area contributed by atoms with Crippen LogP contribution in [0, 0.1) is 10.1 Å². The van der Waals surface area contributed by atoms with Crippen molar-refractivity contribution in [3.8, 4) is 11.5 Å². The summed E-state index contributed by atoms with van der Waals surface area (Å²) < 4.78 is 32.8. The number of ether oxygens (including phenoxy) is 1. The maximum Gasteiger partial charge on any atom is 0.289 e. The highest BCUT2D eigenvalue weighted by Gasteiger charge is 2.30. The molecule has 0 bridgehead atoms. The highest BCUT2D eigenvalue weighted by Crippen LogP contribution is 2.35. The molecule has 0 aliphatic rings. The van der Waals surface area contributed by atoms with Gasteiger partial charge in [0.25, 0.3) is 15.7 Å². The summed E-state index contributed by atoms with van der Waals surface area (Å²) in [4.78, 5) is 10.1. The topological polar surface area (TPSA) is 89.8 Å². The Bertz CT molecular complexity index is 1070. The van der Waals surface area contributed by atoms with Gasteiger partial charge < -0.3 is 4.74 Å². The van der Waals surface area contributed by atoms with Gasteiger partial charge in [0.1, 0.15) is 5.75 Å². The van der Waals surface area contributed by atoms with Gasteiger partial charge in [-0.25, -0.2) is 8.42 Å². The zero-order chi connectivity index (χ0) is 19.4. The molecule has 0 saturated heterocycles. The highest BCUT2D eigenvalue weighted by atomic mass is 32.2. The van der Waals surface area contributed by atoms with Crippen LogP contribution in [-0.4, -0.2) is 20.4 Å². The fourth-order valence-corrected chi connectivity index (χ4v) is 3.88. The van der Waals surface area contributed by atoms with Crippen LogP contribution in [-0.2, 0) is 10.0 Å². The first-order chi connectivity index (χ1) is 12.9. The lowest BCUT2D eigenvalue weighted by atomic mass is 10.3. The molecule has 0 unspecified atom stereocenters. The lowest BCUT2D eigenvalue weighted by molar-refractivity contribution is -0.387. The predicted octanol–water partition coefficient (Wildman–Crippen LogP) is 4.21. The number of benzene rings is 3. The maximum atomic E-state index is 13.0. The molecule has 0 atom stereocenters. The summed E-state index contributed by atoms with van der Waals surface area (Å²) in [6.45, 7) is 0. The van der Waals surface area contributed by atoms with E-state index in [1.54, 1.807) is 48.5 Å². The van der Waals surface area contributed by atoms with E-state index < -0.39 is 20.6 Å². The number of para-hydroxylation sites is 4. The van der Waals surface area contributed by atoms with Crippen molar-refractivity contribution in [2.45, 2.75) is 4.90 Å². The van der Waals surface area contributed by atoms with E-state index in [0.717, 1.165) is 10.4 Å². The quantitative estimate of drug-likeness (QED) is 0.469. The number of hydrogen-bond acceptors (Lipinski definition) is 5. The van der Waals surface area contributed by atoms with Gasteiger partial charge in [-0.15, -0.1) is 0 Å². The van der Waals surface area contributed by atoms with Gasteiger partial charge in [-0.1, -0.05) is 42.5 Å². The molecule has 27 heavy (non-hydrogen) atoms. The van der Waals surface area contributed by atoms with Crippen molar-refractivity contribution in [2.24, 2.45) is 0 Å². The molecule has 0 spiro atoms. The molecule has 0 saturated carbocycles. The average molecular weight is 384 g/mol. The Morgan fingerprint density at radius 3 is 2.19 bits per heavy atom. The maximum absolute atomic E-state index is 13.0. The summed E-state index contributed by atoms with van der Waals surface area (Å²) >= 11 is 0. The molecule has 3 rings (SSSR count). The third kappa shape index (κ3) is 3.75. The standard InChI is InChI=1S/C19H16N2O5S/c1-20(27(24,25)19-14-8-6-12-17(19)21(22)23)16-11-5-7-13-18(16)26-15-9-3-2-4-10-15/h2-14H,1H3. The van der Waals surface area contributed by atoms with Crippen molar-refractivity contribution in [1.29, 1.82) is 0 Å². The molecule has 3 aromatic rings. The molecule has 7 nitrogen and oxygen atoms in total. The van der Waals surface area contributed by atoms with Crippen LogP contribution in [0.3, 0.4) is 0 Å². The minimum atomic E-state index is -4.17. The summed E-state index contributed by atoms with van der Waals surface area (Å²) in [6, 6.07) is 20.7. The third-order valence-corrected chi connectivity index (χ3v) is 5.69. The summed E-state index contributed by atoms with van der Waals surface area (Å²) in [6.07, 6.45) is 0. The van der Waals surface area contributed by atoms with Gasteiger partial charge in [-0.05, 0) is 30.3 Å². The first kappa shape index (κ1) is 18.4. The van der Waals surface area contributed by atoms with Crippen LogP contribution in [0.2, 0.25) is 0 Å². The largest absolute Gasteiger partial charge is 0.455 e. The van der Waals surface area contributed by atoms with E-state index in [2.05, 4.69) is 0 Å². The Kier molecular flexibility index (Phi) is 5.09. The van der Waals surface area contributed by atoms with Crippen molar-refractivity contribution in [1.82, 2.24) is 0 Å². The number of nitro groups is 1. The fourth-order valence-electron chi connectivity index (χ4n) is 2.52. The van der Waals surface area contributed by atoms with E-state index in [1.807, 2.05) is 6.07 Å². The van der Waals surface area contributed by atoms with Crippen LogP contribution in [0.4, 0.5) is 11.4 Å². The Morgan fingerprint density at radius 1 is 0.889 bits per heavy atom. The SMILES string of the molecule is CN(c1ccccc1Oc1ccccc1)S(=O)(=O)c1ccccc1[N+](=O)[O-]. The van der Waals surface area contributed by atoms with Crippen molar-refractivity contribution in [2.75, 3.05) is 11.4 Å². The zero-order valence-corrected chi connectivity index (χ0v) is 15.2. The molecule has 0 aromatic heterocycles. The van der Waals surface area contributed by atoms with E-state index >= 15 is 0 Å². The monoisotopic (exact) mass is 384 g/mol. The molecular formula is C19H16N2O5S. The van der Waals surface area contributed by atoms with E-state index in [1.165, 1.54) is 25.2 Å². The van der Waals surface area contributed by atoms with Gasteiger partial charge in [-0.2, -0.15) is 0 Å². The van der Waals surface area contributed by atoms with Crippen LogP contribution >= 0.6 is 0 Å². The second-order valence-electron chi connectivity index (χ2n) is 5.58. The number of hydrogen-bond donors (Lipinski definition) is 0. The van der Waals surface area contributed by atoms with E-state index in [-0.39, 0.29) is 10.6 Å². The van der Waals surface area contributed by atoms with Crippen molar-refractivity contribution in [3.63, 3.8) is 0 Å². The van der Waals surface area contributed by atoms with Crippen LogP contribution in [0.15, 0.2) is 83.8 Å². The Labute approximate surface area is 156 Å².